The zero-order chi connectivity index (χ0) is 25.6. The van der Waals surface area contributed by atoms with Gasteiger partial charge in [0, 0.05) is 24.7 Å². The third kappa shape index (κ3) is 9.32. The number of hydrogen-bond acceptors (Lipinski definition) is 5. The summed E-state index contributed by atoms with van der Waals surface area (Å²) in [6, 6.07) is 12.6. The Labute approximate surface area is 212 Å². The van der Waals surface area contributed by atoms with Crippen molar-refractivity contribution in [2.24, 2.45) is 0 Å². The molecule has 0 aliphatic carbocycles. The van der Waals surface area contributed by atoms with E-state index in [1.54, 1.807) is 0 Å². The quantitative estimate of drug-likeness (QED) is 0.103. The van der Waals surface area contributed by atoms with Crippen molar-refractivity contribution in [2.75, 3.05) is 18.1 Å². The SMILES string of the molecule is CCCCCCN(C(=O)CCCCCCOc1cc(Cl)c([N+](=O)[O-])c(C(C)=O)c1)c1ccccc1. The number of nitro groups is 1. The Morgan fingerprint density at radius 2 is 1.69 bits per heavy atom. The van der Waals surface area contributed by atoms with Gasteiger partial charge in [0.2, 0.25) is 5.91 Å². The third-order valence-corrected chi connectivity index (χ3v) is 6.04. The predicted octanol–water partition coefficient (Wildman–Crippen LogP) is 7.39. The van der Waals surface area contributed by atoms with Crippen LogP contribution in [0.25, 0.3) is 0 Å². The van der Waals surface area contributed by atoms with Crippen LogP contribution < -0.4 is 9.64 Å². The fourth-order valence-corrected chi connectivity index (χ4v) is 4.15. The van der Waals surface area contributed by atoms with Gasteiger partial charge in [0.15, 0.2) is 5.78 Å². The second-order valence-electron chi connectivity index (χ2n) is 8.57. The van der Waals surface area contributed by atoms with Crippen LogP contribution in [0.4, 0.5) is 11.4 Å². The number of nitrogens with zero attached hydrogens (tertiary/aromatic N) is 2. The molecule has 8 heteroatoms. The maximum atomic E-state index is 12.9. The Kier molecular flexibility index (Phi) is 12.2. The number of hydrogen-bond donors (Lipinski definition) is 0. The molecule has 0 aliphatic heterocycles. The van der Waals surface area contributed by atoms with Gasteiger partial charge < -0.3 is 9.64 Å². The fourth-order valence-electron chi connectivity index (χ4n) is 3.87. The second kappa shape index (κ2) is 15.1. The van der Waals surface area contributed by atoms with E-state index in [1.807, 2.05) is 35.2 Å². The number of rotatable bonds is 16. The molecule has 0 saturated heterocycles. The van der Waals surface area contributed by atoms with Gasteiger partial charge in [-0.05, 0) is 44.4 Å². The highest BCUT2D eigenvalue weighted by atomic mass is 35.5. The van der Waals surface area contributed by atoms with Crippen molar-refractivity contribution in [3.05, 3.63) is 63.2 Å². The standard InChI is InChI=1S/C27H35ClN2O5/c1-3-4-5-12-17-29(22-14-9-8-10-15-22)26(32)16-11-6-7-13-18-35-23-19-24(21(2)31)27(30(33)34)25(28)20-23/h8-10,14-15,19-20H,3-7,11-13,16-18H2,1-2H3. The van der Waals surface area contributed by atoms with Crippen molar-refractivity contribution in [2.45, 2.75) is 71.6 Å². The summed E-state index contributed by atoms with van der Waals surface area (Å²) in [7, 11) is 0. The third-order valence-electron chi connectivity index (χ3n) is 5.76. The van der Waals surface area contributed by atoms with E-state index in [0.29, 0.717) is 18.8 Å². The Morgan fingerprint density at radius 3 is 2.34 bits per heavy atom. The summed E-state index contributed by atoms with van der Waals surface area (Å²) in [6.45, 7) is 4.58. The molecule has 190 valence electrons. The Balaban J connectivity index is 1.77. The number of unbranched alkanes of at least 4 members (excludes halogenated alkanes) is 6. The van der Waals surface area contributed by atoms with Gasteiger partial charge in [-0.3, -0.25) is 19.7 Å². The van der Waals surface area contributed by atoms with E-state index in [2.05, 4.69) is 6.92 Å². The Bertz CT molecular complexity index is 981. The molecule has 0 saturated carbocycles. The summed E-state index contributed by atoms with van der Waals surface area (Å²) >= 11 is 5.99. The number of anilines is 1. The van der Waals surface area contributed by atoms with Gasteiger partial charge in [0.05, 0.1) is 11.5 Å². The zero-order valence-corrected chi connectivity index (χ0v) is 21.4. The molecular formula is C27H35ClN2O5. The minimum atomic E-state index is -0.658. The molecule has 1 amide bonds. The molecule has 2 rings (SSSR count). The molecule has 2 aromatic carbocycles. The second-order valence-corrected chi connectivity index (χ2v) is 8.98. The van der Waals surface area contributed by atoms with Gasteiger partial charge in [-0.2, -0.15) is 0 Å². The van der Waals surface area contributed by atoms with Gasteiger partial charge in [0.25, 0.3) is 5.69 Å². The maximum Gasteiger partial charge on any atom is 0.298 e. The largest absolute Gasteiger partial charge is 0.494 e. The van der Waals surface area contributed by atoms with Gasteiger partial charge in [-0.25, -0.2) is 0 Å². The molecule has 0 unspecified atom stereocenters. The molecule has 0 N–H and O–H groups in total. The van der Waals surface area contributed by atoms with E-state index >= 15 is 0 Å². The molecule has 0 bridgehead atoms. The van der Waals surface area contributed by atoms with E-state index in [-0.39, 0.29) is 16.5 Å². The lowest BCUT2D eigenvalue weighted by Gasteiger charge is -2.23. The molecule has 35 heavy (non-hydrogen) atoms. The van der Waals surface area contributed by atoms with Crippen LogP contribution in [-0.2, 0) is 4.79 Å². The van der Waals surface area contributed by atoms with Crippen molar-refractivity contribution < 1.29 is 19.2 Å². The maximum absolute atomic E-state index is 12.9. The van der Waals surface area contributed by atoms with Crippen LogP contribution in [0.2, 0.25) is 5.02 Å². The summed E-state index contributed by atoms with van der Waals surface area (Å²) in [5.41, 5.74) is 0.494. The number of ketones is 1. The van der Waals surface area contributed by atoms with Crippen molar-refractivity contribution in [1.29, 1.82) is 0 Å². The molecule has 0 spiro atoms. The normalized spacial score (nSPS) is 10.7. The number of nitro benzene ring substituents is 1. The van der Waals surface area contributed by atoms with Gasteiger partial charge in [-0.1, -0.05) is 68.8 Å². The molecule has 0 aliphatic rings. The molecule has 0 heterocycles. The first-order chi connectivity index (χ1) is 16.8. The van der Waals surface area contributed by atoms with Crippen molar-refractivity contribution >= 4 is 34.7 Å². The summed E-state index contributed by atoms with van der Waals surface area (Å²) in [5.74, 6) is 0.0485. The van der Waals surface area contributed by atoms with Crippen LogP contribution in [0.15, 0.2) is 42.5 Å². The first-order valence-electron chi connectivity index (χ1n) is 12.3. The Hall–Kier alpha value is -2.93. The van der Waals surface area contributed by atoms with E-state index in [0.717, 1.165) is 57.2 Å². The van der Waals surface area contributed by atoms with Crippen molar-refractivity contribution in [3.63, 3.8) is 0 Å². The van der Waals surface area contributed by atoms with Gasteiger partial charge >= 0.3 is 0 Å². The van der Waals surface area contributed by atoms with E-state index in [4.69, 9.17) is 16.3 Å². The zero-order valence-electron chi connectivity index (χ0n) is 20.6. The van der Waals surface area contributed by atoms with E-state index in [9.17, 15) is 19.7 Å². The molecule has 0 fully saturated rings. The van der Waals surface area contributed by atoms with Crippen LogP contribution in [-0.4, -0.2) is 29.8 Å². The lowest BCUT2D eigenvalue weighted by atomic mass is 10.1. The molecule has 0 atom stereocenters. The van der Waals surface area contributed by atoms with Crippen molar-refractivity contribution in [1.82, 2.24) is 0 Å². The van der Waals surface area contributed by atoms with Crippen LogP contribution in [0, 0.1) is 10.1 Å². The average molecular weight is 503 g/mol. The van der Waals surface area contributed by atoms with Crippen LogP contribution in [0.1, 0.15) is 82.0 Å². The van der Waals surface area contributed by atoms with Crippen molar-refractivity contribution in [3.8, 4) is 5.75 Å². The van der Waals surface area contributed by atoms with Gasteiger partial charge in [0.1, 0.15) is 16.3 Å². The molecule has 0 radical (unpaired) electrons. The number of carbonyl (C=O) groups excluding carboxylic acids is 2. The number of ether oxygens (including phenoxy) is 1. The number of amides is 1. The highest BCUT2D eigenvalue weighted by Gasteiger charge is 2.23. The summed E-state index contributed by atoms with van der Waals surface area (Å²) in [4.78, 5) is 37.1. The topological polar surface area (TPSA) is 89.8 Å². The molecular weight excluding hydrogens is 468 g/mol. The van der Waals surface area contributed by atoms with Crippen LogP contribution >= 0.6 is 11.6 Å². The first-order valence-corrected chi connectivity index (χ1v) is 12.7. The predicted molar refractivity (Wildman–Crippen MR) is 140 cm³/mol. The number of Topliss-reactive ketones (excluding diaryl/α,β-unsaturated/α-hetero) is 1. The van der Waals surface area contributed by atoms with Gasteiger partial charge in [-0.15, -0.1) is 0 Å². The summed E-state index contributed by atoms with van der Waals surface area (Å²) in [5, 5.41) is 11.1. The number of carbonyl (C=O) groups is 2. The number of benzene rings is 2. The smallest absolute Gasteiger partial charge is 0.298 e. The molecule has 7 nitrogen and oxygen atoms in total. The van der Waals surface area contributed by atoms with Crippen LogP contribution in [0.3, 0.4) is 0 Å². The Morgan fingerprint density at radius 1 is 1.00 bits per heavy atom. The fraction of sp³-hybridized carbons (Fsp3) is 0.481. The lowest BCUT2D eigenvalue weighted by molar-refractivity contribution is -0.385. The minimum Gasteiger partial charge on any atom is -0.494 e. The summed E-state index contributed by atoms with van der Waals surface area (Å²) < 4.78 is 5.67. The van der Waals surface area contributed by atoms with E-state index < -0.39 is 16.4 Å². The number of para-hydroxylation sites is 1. The lowest BCUT2D eigenvalue weighted by Crippen LogP contribution is -2.31. The first kappa shape index (κ1) is 28.3. The molecule has 2 aromatic rings. The molecule has 0 aromatic heterocycles. The average Bonchev–Trinajstić information content (AvgIpc) is 2.83. The van der Waals surface area contributed by atoms with Crippen LogP contribution in [0.5, 0.6) is 5.75 Å². The highest BCUT2D eigenvalue weighted by molar-refractivity contribution is 6.33. The minimum absolute atomic E-state index is 0.0614. The summed E-state index contributed by atoms with van der Waals surface area (Å²) in [6.07, 6.45) is 8.32. The number of halogens is 1. The monoisotopic (exact) mass is 502 g/mol. The highest BCUT2D eigenvalue weighted by Crippen LogP contribution is 2.33. The van der Waals surface area contributed by atoms with E-state index in [1.165, 1.54) is 25.5 Å².